The van der Waals surface area contributed by atoms with Crippen molar-refractivity contribution in [2.45, 2.75) is 44.4 Å². The topological polar surface area (TPSA) is 141 Å². The van der Waals surface area contributed by atoms with E-state index in [0.717, 1.165) is 5.56 Å². The number of nitrogens with zero attached hydrogens (tertiary/aromatic N) is 4. The molecule has 4 atom stereocenters. The lowest BCUT2D eigenvalue weighted by molar-refractivity contribution is -0.139. The number of anilines is 2. The summed E-state index contributed by atoms with van der Waals surface area (Å²) >= 11 is 0. The molecule has 1 aromatic heterocycles. The second kappa shape index (κ2) is 12.4. The van der Waals surface area contributed by atoms with Crippen molar-refractivity contribution < 1.29 is 24.9 Å². The van der Waals surface area contributed by atoms with Gasteiger partial charge in [-0.25, -0.2) is 0 Å². The number of benzene rings is 2. The van der Waals surface area contributed by atoms with Gasteiger partial charge < -0.3 is 25.5 Å². The molecule has 0 radical (unpaired) electrons. The van der Waals surface area contributed by atoms with Crippen molar-refractivity contribution in [3.63, 3.8) is 0 Å². The number of aromatic nitrogens is 3. The summed E-state index contributed by atoms with van der Waals surface area (Å²) < 4.78 is 1.70. The summed E-state index contributed by atoms with van der Waals surface area (Å²) in [4.78, 5) is 26.9. The second-order valence-corrected chi connectivity index (χ2v) is 9.93. The molecule has 3 aromatic rings. The van der Waals surface area contributed by atoms with E-state index >= 15 is 0 Å². The van der Waals surface area contributed by atoms with Crippen molar-refractivity contribution in [3.8, 4) is 0 Å². The lowest BCUT2D eigenvalue weighted by atomic mass is 9.82. The van der Waals surface area contributed by atoms with Crippen LogP contribution in [-0.2, 0) is 21.7 Å². The minimum absolute atomic E-state index is 0.0818. The number of amides is 2. The van der Waals surface area contributed by atoms with Crippen LogP contribution < -0.4 is 10.2 Å². The highest BCUT2D eigenvalue weighted by atomic mass is 16.3. The lowest BCUT2D eigenvalue weighted by Gasteiger charge is -2.27. The third-order valence-electron chi connectivity index (χ3n) is 7.13. The number of carbonyl (C=O) groups excluding carboxylic acids is 2. The Kier molecular flexibility index (Phi) is 8.93. The van der Waals surface area contributed by atoms with E-state index < -0.39 is 29.4 Å². The number of aliphatic hydroxyl groups is 3. The maximum atomic E-state index is 13.4. The van der Waals surface area contributed by atoms with Gasteiger partial charge in [0.05, 0.1) is 23.9 Å². The molecule has 0 fully saturated rings. The zero-order chi connectivity index (χ0) is 28.9. The molecule has 1 aliphatic heterocycles. The van der Waals surface area contributed by atoms with E-state index in [4.69, 9.17) is 0 Å². The fourth-order valence-electron chi connectivity index (χ4n) is 4.87. The molecule has 0 saturated heterocycles. The van der Waals surface area contributed by atoms with Crippen LogP contribution in [0.4, 0.5) is 11.4 Å². The van der Waals surface area contributed by atoms with Crippen molar-refractivity contribution >= 4 is 23.2 Å². The van der Waals surface area contributed by atoms with E-state index in [1.54, 1.807) is 42.0 Å². The van der Waals surface area contributed by atoms with Gasteiger partial charge >= 0.3 is 0 Å². The van der Waals surface area contributed by atoms with Crippen molar-refractivity contribution in [2.24, 2.45) is 5.92 Å². The van der Waals surface area contributed by atoms with Crippen molar-refractivity contribution in [1.29, 1.82) is 0 Å². The molecule has 4 N–H and O–H groups in total. The SMILES string of the molecule is C=CCN1C(=O)[C@](O)([C@H](C)/C=C/CCn2cc(C(CO)c3ccccc3)nn2)c2cc(NC(=O)[C@H](C)O)ccc21. The Bertz CT molecular complexity index is 1390. The Balaban J connectivity index is 1.48. The second-order valence-electron chi connectivity index (χ2n) is 9.93. The fourth-order valence-corrected chi connectivity index (χ4v) is 4.87. The monoisotopic (exact) mass is 545 g/mol. The molecule has 0 saturated carbocycles. The highest BCUT2D eigenvalue weighted by Gasteiger charge is 2.52. The Labute approximate surface area is 233 Å². The number of fused-ring (bicyclic) bond motifs is 1. The largest absolute Gasteiger partial charge is 0.395 e. The molecule has 1 unspecified atom stereocenters. The van der Waals surface area contributed by atoms with Gasteiger partial charge in [0.25, 0.3) is 11.8 Å². The highest BCUT2D eigenvalue weighted by Crippen LogP contribution is 2.46. The van der Waals surface area contributed by atoms with E-state index in [1.807, 2.05) is 42.6 Å². The molecule has 1 aliphatic rings. The summed E-state index contributed by atoms with van der Waals surface area (Å²) in [7, 11) is 0. The molecule has 2 aromatic carbocycles. The van der Waals surface area contributed by atoms with Crippen LogP contribution in [0.15, 0.2) is 79.5 Å². The van der Waals surface area contributed by atoms with Crippen LogP contribution in [0.25, 0.3) is 0 Å². The van der Waals surface area contributed by atoms with Crippen molar-refractivity contribution in [3.05, 3.63) is 96.4 Å². The quantitative estimate of drug-likeness (QED) is 0.257. The van der Waals surface area contributed by atoms with Crippen LogP contribution in [0.3, 0.4) is 0 Å². The predicted molar refractivity (Wildman–Crippen MR) is 152 cm³/mol. The van der Waals surface area contributed by atoms with Gasteiger partial charge in [0.15, 0.2) is 5.60 Å². The molecule has 10 heteroatoms. The van der Waals surface area contributed by atoms with Gasteiger partial charge in [-0.3, -0.25) is 14.3 Å². The number of aryl methyl sites for hydroxylation is 1. The van der Waals surface area contributed by atoms with Crippen LogP contribution in [0.5, 0.6) is 0 Å². The van der Waals surface area contributed by atoms with Crippen LogP contribution in [-0.4, -0.2) is 61.4 Å². The average molecular weight is 546 g/mol. The first-order chi connectivity index (χ1) is 19.2. The summed E-state index contributed by atoms with van der Waals surface area (Å²) in [5.41, 5.74) is 1.05. The van der Waals surface area contributed by atoms with Crippen LogP contribution in [0.1, 0.15) is 43.0 Å². The Morgan fingerprint density at radius 2 is 1.95 bits per heavy atom. The summed E-state index contributed by atoms with van der Waals surface area (Å²) in [5, 5.41) is 42.2. The molecular weight excluding hydrogens is 510 g/mol. The number of nitrogens with one attached hydrogen (secondary N) is 1. The number of hydrogen-bond donors (Lipinski definition) is 4. The summed E-state index contributed by atoms with van der Waals surface area (Å²) in [6.07, 6.45) is 6.43. The van der Waals surface area contributed by atoms with E-state index in [1.165, 1.54) is 11.8 Å². The number of allylic oxidation sites excluding steroid dienone is 1. The number of aliphatic hydroxyl groups excluding tert-OH is 2. The maximum absolute atomic E-state index is 13.4. The van der Waals surface area contributed by atoms with E-state index in [0.29, 0.717) is 35.6 Å². The summed E-state index contributed by atoms with van der Waals surface area (Å²) in [5.74, 6) is -1.93. The van der Waals surface area contributed by atoms with Crippen LogP contribution >= 0.6 is 0 Å². The Morgan fingerprint density at radius 1 is 1.20 bits per heavy atom. The fraction of sp³-hybridized carbons (Fsp3) is 0.333. The molecule has 0 spiro atoms. The van der Waals surface area contributed by atoms with Gasteiger partial charge in [0, 0.05) is 36.5 Å². The van der Waals surface area contributed by atoms with E-state index in [-0.39, 0.29) is 19.1 Å². The zero-order valence-corrected chi connectivity index (χ0v) is 22.6. The normalized spacial score (nSPS) is 18.9. The predicted octanol–water partition coefficient (Wildman–Crippen LogP) is 2.72. The van der Waals surface area contributed by atoms with E-state index in [2.05, 4.69) is 22.2 Å². The smallest absolute Gasteiger partial charge is 0.264 e. The molecule has 4 rings (SSSR count). The third-order valence-corrected chi connectivity index (χ3v) is 7.13. The number of hydrogen-bond acceptors (Lipinski definition) is 7. The maximum Gasteiger partial charge on any atom is 0.264 e. The van der Waals surface area contributed by atoms with Gasteiger partial charge in [-0.05, 0) is 37.1 Å². The molecule has 40 heavy (non-hydrogen) atoms. The Hall–Kier alpha value is -4.12. The molecule has 2 heterocycles. The Morgan fingerprint density at radius 3 is 2.62 bits per heavy atom. The van der Waals surface area contributed by atoms with Gasteiger partial charge in [0.1, 0.15) is 6.10 Å². The lowest BCUT2D eigenvalue weighted by Crippen LogP contribution is -2.44. The highest BCUT2D eigenvalue weighted by molar-refractivity contribution is 6.08. The first-order valence-electron chi connectivity index (χ1n) is 13.2. The van der Waals surface area contributed by atoms with Crippen LogP contribution in [0.2, 0.25) is 0 Å². The minimum Gasteiger partial charge on any atom is -0.395 e. The molecule has 210 valence electrons. The van der Waals surface area contributed by atoms with Gasteiger partial charge in [-0.2, -0.15) is 0 Å². The standard InChI is InChI=1S/C30H35N5O5/c1-4-15-35-27-14-13-23(31-28(38)21(3)37)17-25(27)30(40,29(35)39)20(2)10-8-9-16-34-18-26(32-33-34)24(19-36)22-11-6-5-7-12-22/h4-8,10-14,17-18,20-21,24,36-37,40H,1,9,15-16,19H2,2-3H3,(H,31,38)/b10-8+/t20-,21+,24?,30+/m1/s1. The summed E-state index contributed by atoms with van der Waals surface area (Å²) in [6, 6.07) is 14.5. The van der Waals surface area contributed by atoms with Gasteiger partial charge in [-0.15, -0.1) is 11.7 Å². The first-order valence-corrected chi connectivity index (χ1v) is 13.2. The molecule has 0 bridgehead atoms. The average Bonchev–Trinajstić information content (AvgIpc) is 3.50. The first kappa shape index (κ1) is 28.9. The molecule has 10 nitrogen and oxygen atoms in total. The molecular formula is C30H35N5O5. The van der Waals surface area contributed by atoms with Crippen molar-refractivity contribution in [1.82, 2.24) is 15.0 Å². The minimum atomic E-state index is -1.86. The molecule has 2 amide bonds. The number of carbonyl (C=O) groups is 2. The zero-order valence-electron chi connectivity index (χ0n) is 22.6. The molecule has 0 aliphatic carbocycles. The van der Waals surface area contributed by atoms with Crippen LogP contribution in [0, 0.1) is 5.92 Å². The van der Waals surface area contributed by atoms with Gasteiger partial charge in [0.2, 0.25) is 0 Å². The number of rotatable bonds is 12. The third kappa shape index (κ3) is 5.74. The van der Waals surface area contributed by atoms with Crippen molar-refractivity contribution in [2.75, 3.05) is 23.4 Å². The summed E-state index contributed by atoms with van der Waals surface area (Å²) in [6.45, 7) is 7.50. The van der Waals surface area contributed by atoms with Gasteiger partial charge in [-0.1, -0.05) is 60.7 Å². The van der Waals surface area contributed by atoms with E-state index in [9.17, 15) is 24.9 Å².